The van der Waals surface area contributed by atoms with E-state index in [9.17, 15) is 19.5 Å². The summed E-state index contributed by atoms with van der Waals surface area (Å²) in [5.74, 6) is -1.35. The minimum atomic E-state index is -1.34. The fraction of sp³-hybridized carbons (Fsp3) is 0.200. The monoisotopic (exact) mass is 447 g/mol. The first-order chi connectivity index (χ1) is 14.3. The van der Waals surface area contributed by atoms with E-state index in [1.807, 2.05) is 12.1 Å². The number of thioether (sulfide) groups is 1. The maximum absolute atomic E-state index is 12.7. The summed E-state index contributed by atoms with van der Waals surface area (Å²) >= 11 is 6.11. The van der Waals surface area contributed by atoms with Crippen LogP contribution in [0.4, 0.5) is 0 Å². The van der Waals surface area contributed by atoms with Crippen LogP contribution in [0.5, 0.6) is 5.75 Å². The van der Waals surface area contributed by atoms with Crippen LogP contribution in [0.2, 0.25) is 0 Å². The maximum atomic E-state index is 12.7. The van der Waals surface area contributed by atoms with Crippen molar-refractivity contribution >= 4 is 52.2 Å². The number of hydrogen-bond donors (Lipinski definition) is 2. The molecule has 1 aromatic heterocycles. The van der Waals surface area contributed by atoms with Crippen LogP contribution in [-0.2, 0) is 14.4 Å². The summed E-state index contributed by atoms with van der Waals surface area (Å²) in [5, 5.41) is 18.2. The van der Waals surface area contributed by atoms with Crippen molar-refractivity contribution in [2.45, 2.75) is 18.9 Å². The Balaban J connectivity index is 1.80. The van der Waals surface area contributed by atoms with Crippen LogP contribution in [0.3, 0.4) is 0 Å². The summed E-state index contributed by atoms with van der Waals surface area (Å²) in [7, 11) is 1.58. The molecule has 0 spiro atoms. The average Bonchev–Trinajstić information content (AvgIpc) is 3.28. The lowest BCUT2D eigenvalue weighted by molar-refractivity contribution is -0.146. The molecule has 0 radical (unpaired) electrons. The second kappa shape index (κ2) is 9.14. The smallest absolute Gasteiger partial charge is 0.326 e. The number of carboxylic acid groups (broad SMARTS) is 2. The topological polar surface area (TPSA) is 117 Å². The first-order valence-corrected chi connectivity index (χ1v) is 9.98. The zero-order valence-electron chi connectivity index (χ0n) is 15.7. The van der Waals surface area contributed by atoms with Crippen LogP contribution >= 0.6 is 24.0 Å². The fourth-order valence-corrected chi connectivity index (χ4v) is 4.18. The molecule has 1 saturated heterocycles. The summed E-state index contributed by atoms with van der Waals surface area (Å²) in [5.41, 5.74) is 0.822. The van der Waals surface area contributed by atoms with Crippen LogP contribution < -0.4 is 4.74 Å². The molecule has 0 saturated carbocycles. The van der Waals surface area contributed by atoms with Crippen LogP contribution in [0, 0.1) is 0 Å². The Morgan fingerprint density at radius 3 is 2.53 bits per heavy atom. The van der Waals surface area contributed by atoms with Gasteiger partial charge in [0, 0.05) is 18.1 Å². The minimum absolute atomic E-state index is 0.0611. The van der Waals surface area contributed by atoms with Gasteiger partial charge in [-0.2, -0.15) is 0 Å². The number of ether oxygens (including phenoxy) is 1. The number of rotatable bonds is 8. The number of furan rings is 1. The van der Waals surface area contributed by atoms with Gasteiger partial charge in [-0.05, 0) is 42.8 Å². The highest BCUT2D eigenvalue weighted by Crippen LogP contribution is 2.35. The normalized spacial score (nSPS) is 16.2. The summed E-state index contributed by atoms with van der Waals surface area (Å²) in [6.45, 7) is 0. The molecule has 1 amide bonds. The van der Waals surface area contributed by atoms with Gasteiger partial charge >= 0.3 is 11.9 Å². The van der Waals surface area contributed by atoms with Crippen molar-refractivity contribution in [2.24, 2.45) is 0 Å². The van der Waals surface area contributed by atoms with Crippen molar-refractivity contribution in [3.05, 3.63) is 47.1 Å². The number of carboxylic acids is 2. The first-order valence-electron chi connectivity index (χ1n) is 8.76. The molecule has 2 heterocycles. The van der Waals surface area contributed by atoms with E-state index in [4.69, 9.17) is 26.5 Å². The Morgan fingerprint density at radius 1 is 1.23 bits per heavy atom. The van der Waals surface area contributed by atoms with E-state index in [2.05, 4.69) is 0 Å². The van der Waals surface area contributed by atoms with Gasteiger partial charge in [0.1, 0.15) is 27.6 Å². The molecule has 1 aliphatic rings. The van der Waals surface area contributed by atoms with E-state index in [1.54, 1.807) is 31.4 Å². The molecule has 0 unspecified atom stereocenters. The standard InChI is InChI=1S/C20H17NO7S2/c1-27-12-4-2-11(3-5-12)15-8-6-13(28-15)10-16-18(24)21(20(29)30-16)14(19(25)26)7-9-17(22)23/h2-6,8,10,14H,7,9H2,1H3,(H,22,23)(H,25,26)/b16-10+/t14-/m0/s1. The van der Waals surface area contributed by atoms with Gasteiger partial charge in [-0.3, -0.25) is 14.5 Å². The lowest BCUT2D eigenvalue weighted by Crippen LogP contribution is -2.44. The Bertz CT molecular complexity index is 1030. The first kappa shape index (κ1) is 21.6. The maximum Gasteiger partial charge on any atom is 0.326 e. The molecule has 10 heteroatoms. The predicted octanol–water partition coefficient (Wildman–Crippen LogP) is 3.47. The summed E-state index contributed by atoms with van der Waals surface area (Å²) in [6, 6.07) is 9.36. The summed E-state index contributed by atoms with van der Waals surface area (Å²) in [6.07, 6.45) is 0.853. The molecule has 2 N–H and O–H groups in total. The van der Waals surface area contributed by atoms with E-state index in [0.29, 0.717) is 17.3 Å². The van der Waals surface area contributed by atoms with Crippen molar-refractivity contribution < 1.29 is 33.8 Å². The number of carbonyl (C=O) groups is 3. The molecule has 1 aromatic carbocycles. The third kappa shape index (κ3) is 4.71. The number of aliphatic carboxylic acids is 2. The van der Waals surface area contributed by atoms with Gasteiger partial charge in [-0.25, -0.2) is 4.79 Å². The number of carbonyl (C=O) groups excluding carboxylic acids is 1. The van der Waals surface area contributed by atoms with Gasteiger partial charge in [-0.1, -0.05) is 24.0 Å². The van der Waals surface area contributed by atoms with Gasteiger partial charge in [0.05, 0.1) is 12.0 Å². The highest BCUT2D eigenvalue weighted by atomic mass is 32.2. The van der Waals surface area contributed by atoms with Crippen molar-refractivity contribution in [1.82, 2.24) is 4.90 Å². The van der Waals surface area contributed by atoms with E-state index in [0.717, 1.165) is 22.2 Å². The van der Waals surface area contributed by atoms with Crippen LogP contribution in [0.1, 0.15) is 18.6 Å². The third-order valence-corrected chi connectivity index (χ3v) is 5.66. The lowest BCUT2D eigenvalue weighted by Gasteiger charge is -2.22. The molecule has 0 aliphatic carbocycles. The molecule has 3 rings (SSSR count). The van der Waals surface area contributed by atoms with E-state index in [-0.39, 0.29) is 15.6 Å². The molecule has 156 valence electrons. The summed E-state index contributed by atoms with van der Waals surface area (Å²) < 4.78 is 11.0. The van der Waals surface area contributed by atoms with Gasteiger partial charge < -0.3 is 19.4 Å². The highest BCUT2D eigenvalue weighted by molar-refractivity contribution is 8.26. The molecule has 2 aromatic rings. The quantitative estimate of drug-likeness (QED) is 0.463. The van der Waals surface area contributed by atoms with E-state index < -0.39 is 30.3 Å². The third-order valence-electron chi connectivity index (χ3n) is 4.33. The van der Waals surface area contributed by atoms with Crippen molar-refractivity contribution in [2.75, 3.05) is 7.11 Å². The lowest BCUT2D eigenvalue weighted by atomic mass is 10.1. The van der Waals surface area contributed by atoms with Crippen molar-refractivity contribution in [3.63, 3.8) is 0 Å². The van der Waals surface area contributed by atoms with Crippen LogP contribution in [0.15, 0.2) is 45.7 Å². The largest absolute Gasteiger partial charge is 0.497 e. The molecule has 0 bridgehead atoms. The van der Waals surface area contributed by atoms with Crippen molar-refractivity contribution in [1.29, 1.82) is 0 Å². The highest BCUT2D eigenvalue weighted by Gasteiger charge is 2.40. The molecule has 1 atom stereocenters. The Hall–Kier alpha value is -3.11. The second-order valence-electron chi connectivity index (χ2n) is 6.27. The minimum Gasteiger partial charge on any atom is -0.497 e. The Kier molecular flexibility index (Phi) is 6.58. The van der Waals surface area contributed by atoms with Crippen molar-refractivity contribution in [3.8, 4) is 17.1 Å². The molecular formula is C20H17NO7S2. The average molecular weight is 447 g/mol. The molecule has 1 fully saturated rings. The number of amides is 1. The number of benzene rings is 1. The number of methoxy groups -OCH3 is 1. The fourth-order valence-electron chi connectivity index (χ4n) is 2.84. The number of hydrogen-bond acceptors (Lipinski definition) is 7. The molecular weight excluding hydrogens is 430 g/mol. The summed E-state index contributed by atoms with van der Waals surface area (Å²) in [4.78, 5) is 36.3. The SMILES string of the molecule is COc1ccc(-c2ccc(/C=C3/SC(=S)N([C@@H](CCC(=O)O)C(=O)O)C3=O)o2)cc1. The molecule has 1 aliphatic heterocycles. The van der Waals surface area contributed by atoms with Crippen LogP contribution in [-0.4, -0.2) is 50.4 Å². The zero-order chi connectivity index (χ0) is 21.8. The van der Waals surface area contributed by atoms with Gasteiger partial charge in [0.15, 0.2) is 0 Å². The predicted molar refractivity (Wildman–Crippen MR) is 114 cm³/mol. The number of thiocarbonyl (C=S) groups is 1. The van der Waals surface area contributed by atoms with Gasteiger partial charge in [0.25, 0.3) is 5.91 Å². The van der Waals surface area contributed by atoms with Crippen LogP contribution in [0.25, 0.3) is 17.4 Å². The Labute approximate surface area is 181 Å². The van der Waals surface area contributed by atoms with Gasteiger partial charge in [-0.15, -0.1) is 0 Å². The molecule has 30 heavy (non-hydrogen) atoms. The van der Waals surface area contributed by atoms with E-state index >= 15 is 0 Å². The van der Waals surface area contributed by atoms with Gasteiger partial charge in [0.2, 0.25) is 0 Å². The molecule has 8 nitrogen and oxygen atoms in total. The van der Waals surface area contributed by atoms with E-state index in [1.165, 1.54) is 6.08 Å². The Morgan fingerprint density at radius 2 is 1.93 bits per heavy atom. The second-order valence-corrected chi connectivity index (χ2v) is 7.94. The number of nitrogens with zero attached hydrogens (tertiary/aromatic N) is 1. The zero-order valence-corrected chi connectivity index (χ0v) is 17.4.